The molecule has 1 saturated carbocycles. The number of carbonyl (C=O) groups excluding carboxylic acids is 2. The van der Waals surface area contributed by atoms with Crippen LogP contribution in [0.2, 0.25) is 0 Å². The molecule has 1 aliphatic heterocycles. The Morgan fingerprint density at radius 3 is 2.57 bits per heavy atom. The van der Waals surface area contributed by atoms with Crippen LogP contribution in [0.3, 0.4) is 0 Å². The number of rotatable bonds is 6. The van der Waals surface area contributed by atoms with Gasteiger partial charge in [0, 0.05) is 24.4 Å². The van der Waals surface area contributed by atoms with Crippen molar-refractivity contribution in [2.75, 3.05) is 13.2 Å². The van der Waals surface area contributed by atoms with E-state index in [9.17, 15) is 9.59 Å². The average molecular weight is 317 g/mol. The highest BCUT2D eigenvalue weighted by Gasteiger charge is 2.18. The Labute approximate surface area is 136 Å². The van der Waals surface area contributed by atoms with Crippen molar-refractivity contribution in [3.63, 3.8) is 0 Å². The van der Waals surface area contributed by atoms with Crippen molar-refractivity contribution in [3.8, 4) is 11.5 Å². The number of hydrogen-bond donors (Lipinski definition) is 1. The fourth-order valence-corrected chi connectivity index (χ4v) is 3.14. The Balaban J connectivity index is 1.44. The minimum absolute atomic E-state index is 0.0376. The molecule has 3 rings (SSSR count). The van der Waals surface area contributed by atoms with Crippen LogP contribution in [0.1, 0.15) is 55.3 Å². The molecule has 23 heavy (non-hydrogen) atoms. The van der Waals surface area contributed by atoms with E-state index >= 15 is 0 Å². The molecular formula is C18H23NO4. The van der Waals surface area contributed by atoms with Gasteiger partial charge in [0.05, 0.1) is 0 Å². The van der Waals surface area contributed by atoms with Gasteiger partial charge in [0.1, 0.15) is 13.2 Å². The minimum atomic E-state index is 0.0376. The first-order valence-corrected chi connectivity index (χ1v) is 8.44. The van der Waals surface area contributed by atoms with Crippen LogP contribution in [0.15, 0.2) is 18.2 Å². The van der Waals surface area contributed by atoms with Gasteiger partial charge in [-0.15, -0.1) is 0 Å². The lowest BCUT2D eigenvalue weighted by atomic mass is 10.0. The number of hydrogen-bond acceptors (Lipinski definition) is 4. The number of ether oxygens (including phenoxy) is 2. The zero-order valence-electron chi connectivity index (χ0n) is 13.3. The zero-order chi connectivity index (χ0) is 16.1. The van der Waals surface area contributed by atoms with Gasteiger partial charge in [-0.3, -0.25) is 9.59 Å². The second-order valence-electron chi connectivity index (χ2n) is 6.18. The summed E-state index contributed by atoms with van der Waals surface area (Å²) in [5, 5.41) is 3.05. The number of nitrogens with one attached hydrogen (secondary N) is 1. The van der Waals surface area contributed by atoms with Crippen molar-refractivity contribution in [1.29, 1.82) is 0 Å². The molecular weight excluding hydrogens is 294 g/mol. The van der Waals surface area contributed by atoms with Gasteiger partial charge in [0.25, 0.3) is 0 Å². The Hall–Kier alpha value is -2.04. The SMILES string of the molecule is O=C(CCCC(=O)c1ccc2c(c1)OCCO2)NC1CCCC1. The summed E-state index contributed by atoms with van der Waals surface area (Å²) in [6.07, 6.45) is 5.93. The number of Topliss-reactive ketones (excluding diaryl/α,β-unsaturated/α-hetero) is 1. The van der Waals surface area contributed by atoms with Gasteiger partial charge in [-0.05, 0) is 37.5 Å². The molecule has 1 fully saturated rings. The lowest BCUT2D eigenvalue weighted by Crippen LogP contribution is -2.32. The zero-order valence-corrected chi connectivity index (χ0v) is 13.3. The molecule has 1 aliphatic carbocycles. The fraction of sp³-hybridized carbons (Fsp3) is 0.556. The van der Waals surface area contributed by atoms with Gasteiger partial charge in [0.2, 0.25) is 5.91 Å². The molecule has 0 radical (unpaired) electrons. The van der Waals surface area contributed by atoms with Crippen molar-refractivity contribution in [2.24, 2.45) is 0 Å². The largest absolute Gasteiger partial charge is 0.486 e. The predicted molar refractivity (Wildman–Crippen MR) is 86.0 cm³/mol. The van der Waals surface area contributed by atoms with Crippen LogP contribution in [0, 0.1) is 0 Å². The van der Waals surface area contributed by atoms with Crippen LogP contribution in [-0.4, -0.2) is 30.9 Å². The molecule has 5 heteroatoms. The standard InChI is InChI=1S/C18H23NO4/c20-15(6-3-7-18(21)19-14-4-1-2-5-14)13-8-9-16-17(12-13)23-11-10-22-16/h8-9,12,14H,1-7,10-11H2,(H,19,21). The molecule has 2 aliphatic rings. The van der Waals surface area contributed by atoms with Crippen LogP contribution in [0.5, 0.6) is 11.5 Å². The van der Waals surface area contributed by atoms with E-state index in [-0.39, 0.29) is 11.7 Å². The third-order valence-electron chi connectivity index (χ3n) is 4.39. The highest BCUT2D eigenvalue weighted by Crippen LogP contribution is 2.31. The highest BCUT2D eigenvalue weighted by molar-refractivity contribution is 5.96. The molecule has 1 heterocycles. The van der Waals surface area contributed by atoms with Gasteiger partial charge in [-0.25, -0.2) is 0 Å². The topological polar surface area (TPSA) is 64.6 Å². The van der Waals surface area contributed by atoms with E-state index in [4.69, 9.17) is 9.47 Å². The molecule has 0 bridgehead atoms. The van der Waals surface area contributed by atoms with Crippen LogP contribution < -0.4 is 14.8 Å². The molecule has 5 nitrogen and oxygen atoms in total. The monoisotopic (exact) mass is 317 g/mol. The molecule has 0 atom stereocenters. The average Bonchev–Trinajstić information content (AvgIpc) is 3.07. The van der Waals surface area contributed by atoms with Crippen molar-refractivity contribution in [3.05, 3.63) is 23.8 Å². The normalized spacial score (nSPS) is 17.0. The third kappa shape index (κ3) is 4.24. The summed E-state index contributed by atoms with van der Waals surface area (Å²) in [4.78, 5) is 24.1. The summed E-state index contributed by atoms with van der Waals surface area (Å²) in [6, 6.07) is 5.61. The van der Waals surface area contributed by atoms with E-state index in [2.05, 4.69) is 5.32 Å². The lowest BCUT2D eigenvalue weighted by Gasteiger charge is -2.18. The Kier molecular flexibility index (Phi) is 5.16. The molecule has 1 aromatic rings. The highest BCUT2D eigenvalue weighted by atomic mass is 16.6. The van der Waals surface area contributed by atoms with Crippen molar-refractivity contribution in [2.45, 2.75) is 51.0 Å². The van der Waals surface area contributed by atoms with E-state index in [1.807, 2.05) is 0 Å². The molecule has 1 aromatic carbocycles. The maximum Gasteiger partial charge on any atom is 0.220 e. The van der Waals surface area contributed by atoms with Gasteiger partial charge in [-0.2, -0.15) is 0 Å². The van der Waals surface area contributed by atoms with Crippen molar-refractivity contribution < 1.29 is 19.1 Å². The van der Waals surface area contributed by atoms with E-state index in [0.29, 0.717) is 55.6 Å². The summed E-state index contributed by atoms with van der Waals surface area (Å²) in [5.41, 5.74) is 0.616. The first-order valence-electron chi connectivity index (χ1n) is 8.44. The molecule has 1 amide bonds. The molecule has 1 N–H and O–H groups in total. The first kappa shape index (κ1) is 15.8. The van der Waals surface area contributed by atoms with Gasteiger partial charge < -0.3 is 14.8 Å². The molecule has 0 saturated heterocycles. The third-order valence-corrected chi connectivity index (χ3v) is 4.39. The smallest absolute Gasteiger partial charge is 0.220 e. The Morgan fingerprint density at radius 2 is 1.78 bits per heavy atom. The molecule has 124 valence electrons. The van der Waals surface area contributed by atoms with E-state index in [1.54, 1.807) is 18.2 Å². The maximum atomic E-state index is 12.2. The lowest BCUT2D eigenvalue weighted by molar-refractivity contribution is -0.121. The number of amides is 1. The number of benzene rings is 1. The van der Waals surface area contributed by atoms with Crippen LogP contribution >= 0.6 is 0 Å². The molecule has 0 spiro atoms. The number of ketones is 1. The van der Waals surface area contributed by atoms with Crippen molar-refractivity contribution in [1.82, 2.24) is 5.32 Å². The first-order chi connectivity index (χ1) is 11.2. The van der Waals surface area contributed by atoms with Gasteiger partial charge >= 0.3 is 0 Å². The van der Waals surface area contributed by atoms with Crippen LogP contribution in [0.4, 0.5) is 0 Å². The Bertz CT molecular complexity index is 578. The number of carbonyl (C=O) groups is 2. The van der Waals surface area contributed by atoms with Crippen LogP contribution in [0.25, 0.3) is 0 Å². The van der Waals surface area contributed by atoms with Gasteiger partial charge in [0.15, 0.2) is 17.3 Å². The second kappa shape index (κ2) is 7.49. The molecule has 0 aromatic heterocycles. The van der Waals surface area contributed by atoms with Crippen LogP contribution in [-0.2, 0) is 4.79 Å². The fourth-order valence-electron chi connectivity index (χ4n) is 3.14. The van der Waals surface area contributed by atoms with E-state index in [0.717, 1.165) is 12.8 Å². The predicted octanol–water partition coefficient (Wildman–Crippen LogP) is 2.87. The van der Waals surface area contributed by atoms with E-state index in [1.165, 1.54) is 12.8 Å². The summed E-state index contributed by atoms with van der Waals surface area (Å²) >= 11 is 0. The summed E-state index contributed by atoms with van der Waals surface area (Å²) in [6.45, 7) is 1.04. The molecule has 0 unspecified atom stereocenters. The summed E-state index contributed by atoms with van der Waals surface area (Å²) in [7, 11) is 0. The number of fused-ring (bicyclic) bond motifs is 1. The quantitative estimate of drug-likeness (QED) is 0.819. The van der Waals surface area contributed by atoms with E-state index < -0.39 is 0 Å². The summed E-state index contributed by atoms with van der Waals surface area (Å²) < 4.78 is 10.9. The second-order valence-corrected chi connectivity index (χ2v) is 6.18. The maximum absolute atomic E-state index is 12.2. The Morgan fingerprint density at radius 1 is 1.04 bits per heavy atom. The van der Waals surface area contributed by atoms with Gasteiger partial charge in [-0.1, -0.05) is 12.8 Å². The minimum Gasteiger partial charge on any atom is -0.486 e. The van der Waals surface area contributed by atoms with Crippen molar-refractivity contribution >= 4 is 11.7 Å². The summed E-state index contributed by atoms with van der Waals surface area (Å²) in [5.74, 6) is 1.41.